The minimum absolute atomic E-state index is 0.172. The van der Waals surface area contributed by atoms with Crippen LogP contribution < -0.4 is 10.1 Å². The highest BCUT2D eigenvalue weighted by molar-refractivity contribution is 5.78. The van der Waals surface area contributed by atoms with Crippen molar-refractivity contribution in [3.05, 3.63) is 29.8 Å². The molecule has 1 fully saturated rings. The Hall–Kier alpha value is -1.59. The third-order valence-corrected chi connectivity index (χ3v) is 4.66. The first-order chi connectivity index (χ1) is 12.1. The molecule has 0 radical (unpaired) electrons. The predicted molar refractivity (Wildman–Crippen MR) is 102 cm³/mol. The highest BCUT2D eigenvalue weighted by Crippen LogP contribution is 2.21. The molecule has 0 aromatic heterocycles. The molecule has 0 saturated carbocycles. The summed E-state index contributed by atoms with van der Waals surface area (Å²) in [7, 11) is 4.11. The quantitative estimate of drug-likeness (QED) is 0.697. The van der Waals surface area contributed by atoms with E-state index in [4.69, 9.17) is 4.74 Å². The molecule has 140 valence electrons. The number of carbonyl (C=O) groups is 1. The van der Waals surface area contributed by atoms with Gasteiger partial charge in [0, 0.05) is 19.0 Å². The van der Waals surface area contributed by atoms with Crippen LogP contribution in [0.25, 0.3) is 0 Å². The SMILES string of the molecule is CCOc1cccc(CN2CCC(C(=O)NCCCN(C)C)CC2)c1. The maximum absolute atomic E-state index is 12.3. The lowest BCUT2D eigenvalue weighted by Crippen LogP contribution is -2.40. The van der Waals surface area contributed by atoms with E-state index in [0.29, 0.717) is 6.61 Å². The van der Waals surface area contributed by atoms with E-state index in [9.17, 15) is 4.79 Å². The van der Waals surface area contributed by atoms with Crippen LogP contribution in [0.4, 0.5) is 0 Å². The smallest absolute Gasteiger partial charge is 0.223 e. The molecule has 0 bridgehead atoms. The van der Waals surface area contributed by atoms with Crippen molar-refractivity contribution in [1.29, 1.82) is 0 Å². The summed E-state index contributed by atoms with van der Waals surface area (Å²) in [5, 5.41) is 3.09. The molecule has 5 nitrogen and oxygen atoms in total. The van der Waals surface area contributed by atoms with Gasteiger partial charge in [-0.3, -0.25) is 9.69 Å². The summed E-state index contributed by atoms with van der Waals surface area (Å²) in [4.78, 5) is 16.8. The van der Waals surface area contributed by atoms with Gasteiger partial charge in [0.15, 0.2) is 0 Å². The molecule has 0 spiro atoms. The first-order valence-corrected chi connectivity index (χ1v) is 9.45. The molecule has 1 N–H and O–H groups in total. The van der Waals surface area contributed by atoms with E-state index >= 15 is 0 Å². The number of piperidine rings is 1. The zero-order valence-corrected chi connectivity index (χ0v) is 16.0. The molecule has 0 atom stereocenters. The Labute approximate surface area is 152 Å². The number of rotatable bonds is 9. The number of amides is 1. The predicted octanol–water partition coefficient (Wildman–Crippen LogP) is 2.37. The lowest BCUT2D eigenvalue weighted by atomic mass is 9.95. The first kappa shape index (κ1) is 19.7. The molecule has 1 aliphatic heterocycles. The van der Waals surface area contributed by atoms with Crippen LogP contribution in [0.1, 0.15) is 31.7 Å². The molecular formula is C20H33N3O2. The highest BCUT2D eigenvalue weighted by atomic mass is 16.5. The van der Waals surface area contributed by atoms with Gasteiger partial charge in [0.1, 0.15) is 5.75 Å². The number of nitrogens with one attached hydrogen (secondary N) is 1. The standard InChI is InChI=1S/C20H33N3O2/c1-4-25-19-8-5-7-17(15-19)16-23-13-9-18(10-14-23)20(24)21-11-6-12-22(2)3/h5,7-8,15,18H,4,6,9-14,16H2,1-3H3,(H,21,24). The van der Waals surface area contributed by atoms with Gasteiger partial charge in [0.25, 0.3) is 0 Å². The van der Waals surface area contributed by atoms with Crippen molar-refractivity contribution in [3.8, 4) is 5.75 Å². The summed E-state index contributed by atoms with van der Waals surface area (Å²) >= 11 is 0. The summed E-state index contributed by atoms with van der Waals surface area (Å²) in [5.74, 6) is 1.34. The number of likely N-dealkylation sites (tertiary alicyclic amines) is 1. The van der Waals surface area contributed by atoms with Crippen molar-refractivity contribution < 1.29 is 9.53 Å². The number of carbonyl (C=O) groups excluding carboxylic acids is 1. The molecule has 1 amide bonds. The fourth-order valence-electron chi connectivity index (χ4n) is 3.26. The van der Waals surface area contributed by atoms with E-state index in [1.165, 1.54) is 5.56 Å². The minimum Gasteiger partial charge on any atom is -0.494 e. The van der Waals surface area contributed by atoms with E-state index in [-0.39, 0.29) is 11.8 Å². The Morgan fingerprint density at radius 1 is 1.32 bits per heavy atom. The zero-order valence-electron chi connectivity index (χ0n) is 16.0. The van der Waals surface area contributed by atoms with Crippen molar-refractivity contribution in [3.63, 3.8) is 0 Å². The molecule has 1 aromatic rings. The third kappa shape index (κ3) is 7.04. The molecule has 0 unspecified atom stereocenters. The van der Waals surface area contributed by atoms with Crippen LogP contribution in [0.15, 0.2) is 24.3 Å². The number of benzene rings is 1. The summed E-state index contributed by atoms with van der Waals surface area (Å²) < 4.78 is 5.57. The number of ether oxygens (including phenoxy) is 1. The monoisotopic (exact) mass is 347 g/mol. The van der Waals surface area contributed by atoms with Crippen molar-refractivity contribution in [2.75, 3.05) is 46.9 Å². The van der Waals surface area contributed by atoms with Gasteiger partial charge < -0.3 is 15.0 Å². The molecule has 1 aliphatic rings. The van der Waals surface area contributed by atoms with Crippen molar-refractivity contribution in [1.82, 2.24) is 15.1 Å². The fraction of sp³-hybridized carbons (Fsp3) is 0.650. The van der Waals surface area contributed by atoms with Gasteiger partial charge in [-0.15, -0.1) is 0 Å². The second kappa shape index (κ2) is 10.4. The summed E-state index contributed by atoms with van der Waals surface area (Å²) in [6.45, 7) is 7.38. The molecule has 2 rings (SSSR count). The fourth-order valence-corrected chi connectivity index (χ4v) is 3.26. The first-order valence-electron chi connectivity index (χ1n) is 9.45. The molecule has 25 heavy (non-hydrogen) atoms. The Balaban J connectivity index is 1.70. The van der Waals surface area contributed by atoms with E-state index in [2.05, 4.69) is 41.3 Å². The van der Waals surface area contributed by atoms with Gasteiger partial charge in [-0.1, -0.05) is 12.1 Å². The summed E-state index contributed by atoms with van der Waals surface area (Å²) in [6.07, 6.45) is 2.91. The number of hydrogen-bond acceptors (Lipinski definition) is 4. The Morgan fingerprint density at radius 3 is 2.76 bits per heavy atom. The van der Waals surface area contributed by atoms with Crippen LogP contribution in [0.2, 0.25) is 0 Å². The van der Waals surface area contributed by atoms with Crippen molar-refractivity contribution in [2.45, 2.75) is 32.7 Å². The molecule has 5 heteroatoms. The van der Waals surface area contributed by atoms with Crippen molar-refractivity contribution in [2.24, 2.45) is 5.92 Å². The normalized spacial score (nSPS) is 16.2. The van der Waals surface area contributed by atoms with Crippen LogP contribution in [0, 0.1) is 5.92 Å². The van der Waals surface area contributed by atoms with E-state index in [1.807, 2.05) is 19.1 Å². The molecular weight excluding hydrogens is 314 g/mol. The van der Waals surface area contributed by atoms with E-state index < -0.39 is 0 Å². The third-order valence-electron chi connectivity index (χ3n) is 4.66. The van der Waals surface area contributed by atoms with E-state index in [1.54, 1.807) is 0 Å². The number of nitrogens with zero attached hydrogens (tertiary/aromatic N) is 2. The highest BCUT2D eigenvalue weighted by Gasteiger charge is 2.24. The van der Waals surface area contributed by atoms with Crippen molar-refractivity contribution >= 4 is 5.91 Å². The number of hydrogen-bond donors (Lipinski definition) is 1. The van der Waals surface area contributed by atoms with Crippen LogP contribution in [0.3, 0.4) is 0 Å². The Kier molecular flexibility index (Phi) is 8.22. The lowest BCUT2D eigenvalue weighted by molar-refractivity contribution is -0.126. The maximum atomic E-state index is 12.3. The minimum atomic E-state index is 0.172. The van der Waals surface area contributed by atoms with Gasteiger partial charge in [-0.25, -0.2) is 0 Å². The zero-order chi connectivity index (χ0) is 18.1. The van der Waals surface area contributed by atoms with E-state index in [0.717, 1.165) is 57.7 Å². The largest absolute Gasteiger partial charge is 0.494 e. The molecule has 1 heterocycles. The Morgan fingerprint density at radius 2 is 2.08 bits per heavy atom. The van der Waals surface area contributed by atoms with Crippen LogP contribution in [-0.4, -0.2) is 62.6 Å². The average molecular weight is 348 g/mol. The van der Waals surface area contributed by atoms with Gasteiger partial charge in [0.2, 0.25) is 5.91 Å². The average Bonchev–Trinajstić information content (AvgIpc) is 2.60. The van der Waals surface area contributed by atoms with Gasteiger partial charge >= 0.3 is 0 Å². The second-order valence-electron chi connectivity index (χ2n) is 7.08. The van der Waals surface area contributed by atoms with Crippen LogP contribution in [-0.2, 0) is 11.3 Å². The van der Waals surface area contributed by atoms with Gasteiger partial charge in [-0.05, 0) is 77.6 Å². The molecule has 0 aliphatic carbocycles. The maximum Gasteiger partial charge on any atom is 0.223 e. The lowest BCUT2D eigenvalue weighted by Gasteiger charge is -2.31. The van der Waals surface area contributed by atoms with Crippen LogP contribution in [0.5, 0.6) is 5.75 Å². The summed E-state index contributed by atoms with van der Waals surface area (Å²) in [6, 6.07) is 8.31. The van der Waals surface area contributed by atoms with Gasteiger partial charge in [0.05, 0.1) is 6.61 Å². The molecule has 1 saturated heterocycles. The topological polar surface area (TPSA) is 44.8 Å². The summed E-state index contributed by atoms with van der Waals surface area (Å²) in [5.41, 5.74) is 1.28. The second-order valence-corrected chi connectivity index (χ2v) is 7.08. The van der Waals surface area contributed by atoms with Crippen LogP contribution >= 0.6 is 0 Å². The van der Waals surface area contributed by atoms with Gasteiger partial charge in [-0.2, -0.15) is 0 Å². The molecule has 1 aromatic carbocycles. The Bertz CT molecular complexity index is 525.